The summed E-state index contributed by atoms with van der Waals surface area (Å²) in [6, 6.07) is 11.1. The highest BCUT2D eigenvalue weighted by Crippen LogP contribution is 2.31. The van der Waals surface area contributed by atoms with Crippen molar-refractivity contribution in [2.75, 3.05) is 49.6 Å². The molecule has 0 saturated carbocycles. The van der Waals surface area contributed by atoms with Gasteiger partial charge >= 0.3 is 6.18 Å². The van der Waals surface area contributed by atoms with E-state index < -0.39 is 18.4 Å². The van der Waals surface area contributed by atoms with E-state index in [1.54, 1.807) is 24.3 Å². The molecule has 0 unspecified atom stereocenters. The molecule has 0 amide bonds. The van der Waals surface area contributed by atoms with E-state index in [0.717, 1.165) is 55.8 Å². The van der Waals surface area contributed by atoms with Crippen LogP contribution in [0.4, 0.5) is 30.6 Å². The summed E-state index contributed by atoms with van der Waals surface area (Å²) in [5.41, 5.74) is 1.45. The van der Waals surface area contributed by atoms with Gasteiger partial charge in [0.15, 0.2) is 11.0 Å². The van der Waals surface area contributed by atoms with E-state index in [-0.39, 0.29) is 9.27 Å². The molecule has 3 aromatic rings. The van der Waals surface area contributed by atoms with Gasteiger partial charge in [0.2, 0.25) is 0 Å². The Bertz CT molecular complexity index is 1270. The summed E-state index contributed by atoms with van der Waals surface area (Å²) < 4.78 is 42.9. The number of ketones is 1. The van der Waals surface area contributed by atoms with Gasteiger partial charge in [-0.25, -0.2) is 9.97 Å². The van der Waals surface area contributed by atoms with E-state index in [1.807, 2.05) is 19.1 Å². The molecule has 38 heavy (non-hydrogen) atoms. The fourth-order valence-corrected chi connectivity index (χ4v) is 5.17. The lowest BCUT2D eigenvalue weighted by atomic mass is 10.1. The number of carbonyl (C=O) groups excluding carboxylic acids is 1. The van der Waals surface area contributed by atoms with Crippen LogP contribution >= 0.6 is 11.8 Å². The van der Waals surface area contributed by atoms with Crippen molar-refractivity contribution in [2.24, 2.45) is 0 Å². The summed E-state index contributed by atoms with van der Waals surface area (Å²) in [4.78, 5) is 26.6. The molecule has 0 radical (unpaired) electrons. The van der Waals surface area contributed by atoms with Crippen LogP contribution in [-0.2, 0) is 16.0 Å². The summed E-state index contributed by atoms with van der Waals surface area (Å²) in [6.45, 7) is 7.04. The number of anilines is 3. The zero-order valence-corrected chi connectivity index (χ0v) is 21.6. The van der Waals surface area contributed by atoms with Gasteiger partial charge in [-0.15, -0.1) is 0 Å². The highest BCUT2D eigenvalue weighted by atomic mass is 32.2. The summed E-state index contributed by atoms with van der Waals surface area (Å²) in [7, 11) is 0. The van der Waals surface area contributed by atoms with Gasteiger partial charge in [-0.05, 0) is 36.4 Å². The average molecular weight is 552 g/mol. The maximum absolute atomic E-state index is 12.5. The summed E-state index contributed by atoms with van der Waals surface area (Å²) >= 11 is 1.34. The highest BCUT2D eigenvalue weighted by molar-refractivity contribution is 7.99. The Hall–Kier alpha value is -3.16. The summed E-state index contributed by atoms with van der Waals surface area (Å²) in [5, 5.41) is 10.9. The van der Waals surface area contributed by atoms with Crippen LogP contribution in [0.5, 0.6) is 0 Å². The smallest absolute Gasteiger partial charge is 0.379 e. The molecule has 2 aliphatic rings. The number of rotatable bonds is 9. The molecule has 206 valence electrons. The number of alkyl halides is 3. The second-order valence-electron chi connectivity index (χ2n) is 9.42. The Morgan fingerprint density at radius 3 is 2.55 bits per heavy atom. The Morgan fingerprint density at radius 2 is 1.89 bits per heavy atom. The van der Waals surface area contributed by atoms with Gasteiger partial charge in [0.25, 0.3) is 0 Å². The molecule has 2 N–H and O–H groups in total. The van der Waals surface area contributed by atoms with Crippen molar-refractivity contribution in [1.29, 1.82) is 0 Å². The maximum atomic E-state index is 12.5. The second-order valence-corrected chi connectivity index (χ2v) is 10.5. The van der Waals surface area contributed by atoms with Crippen molar-refractivity contribution in [3.8, 4) is 0 Å². The summed E-state index contributed by atoms with van der Waals surface area (Å²) in [6.07, 6.45) is -6.17. The maximum Gasteiger partial charge on any atom is 0.395 e. The van der Waals surface area contributed by atoms with Gasteiger partial charge in [-0.3, -0.25) is 14.8 Å². The third kappa shape index (κ3) is 7.03. The highest BCUT2D eigenvalue weighted by Gasteiger charge is 2.34. The number of hydrogen-bond donors (Lipinski definition) is 2. The quantitative estimate of drug-likeness (QED) is 0.373. The van der Waals surface area contributed by atoms with E-state index in [9.17, 15) is 18.0 Å². The fraction of sp³-hybridized carbons (Fsp3) is 0.440. The first-order chi connectivity index (χ1) is 18.2. The Labute approximate surface area is 225 Å². The molecule has 2 aliphatic heterocycles. The SMILES string of the molecule is Cc1cc(Nc2cc(N3CC(N4CCOCC4)C3)nc(Sc3ccc(CC(=O)CC(F)(F)F)cc3)n2)n[nH]1.[HH].[HH]. The lowest BCUT2D eigenvalue weighted by Gasteiger charge is -2.47. The molecule has 4 heterocycles. The number of aromatic amines is 1. The number of morpholine rings is 1. The number of Topliss-reactive ketones (excluding diaryl/α,β-unsaturated/α-hetero) is 1. The number of carbonyl (C=O) groups is 1. The number of aromatic nitrogens is 4. The van der Waals surface area contributed by atoms with Crippen LogP contribution in [-0.4, -0.2) is 82.5 Å². The number of halogens is 3. The molecule has 13 heteroatoms. The van der Waals surface area contributed by atoms with Gasteiger partial charge in [0, 0.05) is 64.2 Å². The van der Waals surface area contributed by atoms with E-state index in [0.29, 0.717) is 28.4 Å². The minimum absolute atomic E-state index is 0. The molecule has 0 atom stereocenters. The van der Waals surface area contributed by atoms with E-state index >= 15 is 0 Å². The Balaban J connectivity index is 0.00000220. The predicted octanol–water partition coefficient (Wildman–Crippen LogP) is 4.48. The number of nitrogens with zero attached hydrogens (tertiary/aromatic N) is 5. The first kappa shape index (κ1) is 26.4. The third-order valence-corrected chi connectivity index (χ3v) is 7.21. The third-order valence-electron chi connectivity index (χ3n) is 6.33. The van der Waals surface area contributed by atoms with Crippen molar-refractivity contribution >= 4 is 35.0 Å². The van der Waals surface area contributed by atoms with Crippen molar-refractivity contribution in [3.63, 3.8) is 0 Å². The lowest BCUT2D eigenvalue weighted by Crippen LogP contribution is -2.61. The largest absolute Gasteiger partial charge is 0.395 e. The van der Waals surface area contributed by atoms with Crippen LogP contribution in [0.1, 0.15) is 20.5 Å². The molecular weight excluding hydrogens is 519 g/mol. The van der Waals surface area contributed by atoms with Crippen LogP contribution in [0.2, 0.25) is 0 Å². The van der Waals surface area contributed by atoms with Crippen LogP contribution in [0.3, 0.4) is 0 Å². The molecule has 0 spiro atoms. The zero-order chi connectivity index (χ0) is 26.7. The molecule has 2 fully saturated rings. The van der Waals surface area contributed by atoms with Crippen LogP contribution < -0.4 is 10.2 Å². The number of ether oxygens (including phenoxy) is 1. The van der Waals surface area contributed by atoms with Gasteiger partial charge < -0.3 is 15.0 Å². The number of H-pyrrole nitrogens is 1. The first-order valence-electron chi connectivity index (χ1n) is 12.3. The number of hydrogen-bond acceptors (Lipinski definition) is 9. The number of benzene rings is 1. The zero-order valence-electron chi connectivity index (χ0n) is 20.8. The van der Waals surface area contributed by atoms with E-state index in [4.69, 9.17) is 9.72 Å². The first-order valence-corrected chi connectivity index (χ1v) is 13.1. The number of nitrogens with one attached hydrogen (secondary N) is 2. The summed E-state index contributed by atoms with van der Waals surface area (Å²) in [5.74, 6) is 1.19. The van der Waals surface area contributed by atoms with Crippen LogP contribution in [0.25, 0.3) is 0 Å². The molecule has 1 aromatic carbocycles. The molecule has 2 aromatic heterocycles. The minimum atomic E-state index is -4.49. The molecular formula is C25H32F3N7O2S. The van der Waals surface area contributed by atoms with Crippen molar-refractivity contribution in [3.05, 3.63) is 47.7 Å². The van der Waals surface area contributed by atoms with Crippen molar-refractivity contribution in [2.45, 2.75) is 42.0 Å². The van der Waals surface area contributed by atoms with Gasteiger partial charge in [-0.2, -0.15) is 18.3 Å². The predicted molar refractivity (Wildman–Crippen MR) is 141 cm³/mol. The Morgan fingerprint density at radius 1 is 1.16 bits per heavy atom. The average Bonchev–Trinajstić information content (AvgIpc) is 3.23. The van der Waals surface area contributed by atoms with Gasteiger partial charge in [-0.1, -0.05) is 12.1 Å². The Kier molecular flexibility index (Phi) is 7.86. The van der Waals surface area contributed by atoms with E-state index in [1.165, 1.54) is 11.8 Å². The molecule has 5 rings (SSSR count). The normalized spacial score (nSPS) is 16.9. The van der Waals surface area contributed by atoms with Gasteiger partial charge in [0.1, 0.15) is 23.8 Å². The van der Waals surface area contributed by atoms with Crippen LogP contribution in [0.15, 0.2) is 46.5 Å². The number of aryl methyl sites for hydroxylation is 1. The molecule has 9 nitrogen and oxygen atoms in total. The van der Waals surface area contributed by atoms with Crippen LogP contribution in [0, 0.1) is 6.92 Å². The standard InChI is InChI=1S/C25H28F3N7O2S.2H2/c1-16-10-22(33-32-16)29-21-12-23(35-14-18(15-35)34-6-8-37-9-7-34)31-24(30-21)38-20-4-2-17(3-5-20)11-19(36)13-25(26,27)28;;/h2-5,10,12,18H,6-9,11,13-15H2,1H3,(H2,29,30,31,32,33);2*1H. The molecule has 0 aliphatic carbocycles. The molecule has 0 bridgehead atoms. The van der Waals surface area contributed by atoms with E-state index in [2.05, 4.69) is 30.3 Å². The minimum Gasteiger partial charge on any atom is -0.379 e. The topological polar surface area (TPSA) is 99.3 Å². The molecule has 2 saturated heterocycles. The van der Waals surface area contributed by atoms with Crippen molar-refractivity contribution < 1.29 is 25.6 Å². The van der Waals surface area contributed by atoms with Gasteiger partial charge in [0.05, 0.1) is 13.2 Å². The van der Waals surface area contributed by atoms with Crippen molar-refractivity contribution in [1.82, 2.24) is 25.1 Å². The second kappa shape index (κ2) is 11.3. The lowest BCUT2D eigenvalue weighted by molar-refractivity contribution is -0.151. The fourth-order valence-electron chi connectivity index (χ4n) is 4.41. The monoisotopic (exact) mass is 551 g/mol.